The number of hydrogen-bond acceptors (Lipinski definition) is 4. The number of benzene rings is 1. The average Bonchev–Trinajstić information content (AvgIpc) is 2.19. The summed E-state index contributed by atoms with van der Waals surface area (Å²) in [5, 5.41) is 19.5. The van der Waals surface area contributed by atoms with E-state index in [4.69, 9.17) is 22.4 Å². The first-order chi connectivity index (χ1) is 7.10. The van der Waals surface area contributed by atoms with Crippen molar-refractivity contribution in [3.8, 4) is 0 Å². The van der Waals surface area contributed by atoms with E-state index in [2.05, 4.69) is 0 Å². The van der Waals surface area contributed by atoms with Gasteiger partial charge < -0.3 is 10.8 Å². The van der Waals surface area contributed by atoms with Gasteiger partial charge in [0, 0.05) is 18.5 Å². The van der Waals surface area contributed by atoms with E-state index in [1.807, 2.05) is 0 Å². The van der Waals surface area contributed by atoms with Gasteiger partial charge in [-0.3, -0.25) is 10.1 Å². The van der Waals surface area contributed by atoms with Crippen molar-refractivity contribution >= 4 is 17.3 Å². The molecule has 15 heavy (non-hydrogen) atoms. The number of nitrogens with two attached hydrogens (primary N) is 1. The van der Waals surface area contributed by atoms with Crippen LogP contribution in [0.25, 0.3) is 0 Å². The van der Waals surface area contributed by atoms with E-state index in [0.29, 0.717) is 5.56 Å². The average molecular weight is 231 g/mol. The van der Waals surface area contributed by atoms with Gasteiger partial charge in [0.15, 0.2) is 0 Å². The Bertz CT molecular complexity index is 366. The molecule has 1 rings (SSSR count). The van der Waals surface area contributed by atoms with Crippen LogP contribution in [0, 0.1) is 10.1 Å². The van der Waals surface area contributed by atoms with Gasteiger partial charge in [-0.2, -0.15) is 0 Å². The lowest BCUT2D eigenvalue weighted by Crippen LogP contribution is -2.16. The molecule has 0 aliphatic heterocycles. The quantitative estimate of drug-likeness (QED) is 0.602. The van der Waals surface area contributed by atoms with Gasteiger partial charge in [-0.1, -0.05) is 17.7 Å². The summed E-state index contributed by atoms with van der Waals surface area (Å²) in [5.41, 5.74) is 5.99. The van der Waals surface area contributed by atoms with Crippen molar-refractivity contribution in [3.63, 3.8) is 0 Å². The molecule has 1 atom stereocenters. The number of hydrogen-bond donors (Lipinski definition) is 2. The number of halogens is 1. The lowest BCUT2D eigenvalue weighted by atomic mass is 10.00. The number of aliphatic hydroxyl groups excluding tert-OH is 1. The molecule has 1 aromatic carbocycles. The first-order valence-electron chi connectivity index (χ1n) is 4.35. The molecule has 0 spiro atoms. The summed E-state index contributed by atoms with van der Waals surface area (Å²) in [4.78, 5) is 9.94. The number of nitrogens with zero attached hydrogens (tertiary/aromatic N) is 1. The van der Waals surface area contributed by atoms with Crippen LogP contribution in [0.15, 0.2) is 18.2 Å². The molecule has 0 aromatic heterocycles. The van der Waals surface area contributed by atoms with E-state index < -0.39 is 4.92 Å². The van der Waals surface area contributed by atoms with Crippen LogP contribution < -0.4 is 5.73 Å². The molecule has 3 N–H and O–H groups in total. The van der Waals surface area contributed by atoms with Gasteiger partial charge in [-0.15, -0.1) is 0 Å². The van der Waals surface area contributed by atoms with E-state index >= 15 is 0 Å². The topological polar surface area (TPSA) is 89.4 Å². The number of nitro groups is 1. The van der Waals surface area contributed by atoms with Crippen LogP contribution in [0.2, 0.25) is 5.02 Å². The maximum absolute atomic E-state index is 10.5. The third-order valence-corrected chi connectivity index (χ3v) is 2.45. The highest BCUT2D eigenvalue weighted by atomic mass is 35.5. The maximum atomic E-state index is 10.5. The molecule has 1 unspecified atom stereocenters. The van der Waals surface area contributed by atoms with Crippen molar-refractivity contribution in [1.82, 2.24) is 0 Å². The molecular weight excluding hydrogens is 220 g/mol. The zero-order valence-corrected chi connectivity index (χ0v) is 8.65. The zero-order chi connectivity index (χ0) is 11.4. The van der Waals surface area contributed by atoms with Crippen LogP contribution in [-0.2, 0) is 0 Å². The minimum absolute atomic E-state index is 0.0596. The largest absolute Gasteiger partial charge is 0.396 e. The third-order valence-electron chi connectivity index (χ3n) is 2.14. The Kier molecular flexibility index (Phi) is 4.02. The second kappa shape index (κ2) is 5.06. The zero-order valence-electron chi connectivity index (χ0n) is 7.89. The van der Waals surface area contributed by atoms with Gasteiger partial charge >= 0.3 is 0 Å². The molecule has 0 saturated carbocycles. The van der Waals surface area contributed by atoms with E-state index in [9.17, 15) is 10.1 Å². The fourth-order valence-electron chi connectivity index (χ4n) is 1.24. The Morgan fingerprint density at radius 3 is 2.67 bits per heavy atom. The molecule has 1 aromatic rings. The van der Waals surface area contributed by atoms with Crippen molar-refractivity contribution < 1.29 is 10.0 Å². The standard InChI is InChI=1S/C9H11ClN2O3/c10-8-3-6(7(4-11)5-13)1-2-9(8)12(14)15/h1-3,7,13H,4-5,11H2. The molecule has 0 saturated heterocycles. The second-order valence-corrected chi connectivity index (χ2v) is 3.49. The SMILES string of the molecule is NCC(CO)c1ccc([N+](=O)[O-])c(Cl)c1. The molecule has 0 fully saturated rings. The Morgan fingerprint density at radius 1 is 1.60 bits per heavy atom. The van der Waals surface area contributed by atoms with Crippen molar-refractivity contribution in [3.05, 3.63) is 38.9 Å². The molecule has 82 valence electrons. The van der Waals surface area contributed by atoms with Gasteiger partial charge in [0.2, 0.25) is 0 Å². The van der Waals surface area contributed by atoms with Gasteiger partial charge in [0.25, 0.3) is 5.69 Å². The summed E-state index contributed by atoms with van der Waals surface area (Å²) >= 11 is 5.72. The van der Waals surface area contributed by atoms with E-state index in [1.165, 1.54) is 12.1 Å². The summed E-state index contributed by atoms with van der Waals surface area (Å²) in [6.45, 7) is 0.162. The molecule has 0 radical (unpaired) electrons. The normalized spacial score (nSPS) is 12.5. The Morgan fingerprint density at radius 2 is 2.27 bits per heavy atom. The highest BCUT2D eigenvalue weighted by Gasteiger charge is 2.15. The van der Waals surface area contributed by atoms with Crippen molar-refractivity contribution in [1.29, 1.82) is 0 Å². The summed E-state index contributed by atoms with van der Waals surface area (Å²) in [6, 6.07) is 4.33. The fourth-order valence-corrected chi connectivity index (χ4v) is 1.50. The molecule has 5 nitrogen and oxygen atoms in total. The minimum Gasteiger partial charge on any atom is -0.396 e. The summed E-state index contributed by atoms with van der Waals surface area (Å²) < 4.78 is 0. The van der Waals surface area contributed by atoms with E-state index in [-0.39, 0.29) is 29.8 Å². The highest BCUT2D eigenvalue weighted by molar-refractivity contribution is 6.32. The van der Waals surface area contributed by atoms with Gasteiger partial charge in [0.05, 0.1) is 11.5 Å². The first-order valence-corrected chi connectivity index (χ1v) is 4.72. The van der Waals surface area contributed by atoms with Crippen LogP contribution in [0.5, 0.6) is 0 Å². The van der Waals surface area contributed by atoms with Crippen molar-refractivity contribution in [2.24, 2.45) is 5.73 Å². The lowest BCUT2D eigenvalue weighted by Gasteiger charge is -2.11. The van der Waals surface area contributed by atoms with Crippen LogP contribution in [0.3, 0.4) is 0 Å². The third kappa shape index (κ3) is 2.65. The van der Waals surface area contributed by atoms with Crippen molar-refractivity contribution in [2.75, 3.05) is 13.2 Å². The molecule has 6 heteroatoms. The smallest absolute Gasteiger partial charge is 0.287 e. The molecule has 0 amide bonds. The summed E-state index contributed by atoms with van der Waals surface area (Å²) in [6.07, 6.45) is 0. The van der Waals surface area contributed by atoms with Gasteiger partial charge in [-0.05, 0) is 11.6 Å². The predicted molar refractivity (Wildman–Crippen MR) is 57.0 cm³/mol. The Labute approximate surface area is 91.6 Å². The Hall–Kier alpha value is -1.17. The molecular formula is C9H11ClN2O3. The summed E-state index contributed by atoms with van der Waals surface area (Å²) in [7, 11) is 0. The number of aliphatic hydroxyl groups is 1. The lowest BCUT2D eigenvalue weighted by molar-refractivity contribution is -0.384. The minimum atomic E-state index is -0.553. The molecule has 0 aliphatic carbocycles. The second-order valence-electron chi connectivity index (χ2n) is 3.08. The van der Waals surface area contributed by atoms with Gasteiger partial charge in [-0.25, -0.2) is 0 Å². The van der Waals surface area contributed by atoms with Gasteiger partial charge in [0.1, 0.15) is 5.02 Å². The number of nitro benzene ring substituents is 1. The van der Waals surface area contributed by atoms with E-state index in [0.717, 1.165) is 0 Å². The molecule has 0 heterocycles. The number of rotatable bonds is 4. The maximum Gasteiger partial charge on any atom is 0.287 e. The van der Waals surface area contributed by atoms with Crippen LogP contribution in [0.1, 0.15) is 11.5 Å². The van der Waals surface area contributed by atoms with Crippen molar-refractivity contribution in [2.45, 2.75) is 5.92 Å². The molecule has 0 aliphatic rings. The highest BCUT2D eigenvalue weighted by Crippen LogP contribution is 2.27. The van der Waals surface area contributed by atoms with E-state index in [1.54, 1.807) is 6.07 Å². The molecule has 0 bridgehead atoms. The monoisotopic (exact) mass is 230 g/mol. The fraction of sp³-hybridized carbons (Fsp3) is 0.333. The predicted octanol–water partition coefficient (Wildman–Crippen LogP) is 1.28. The first kappa shape index (κ1) is 11.9. The van der Waals surface area contributed by atoms with Crippen LogP contribution in [-0.4, -0.2) is 23.2 Å². The van der Waals surface area contributed by atoms with Crippen LogP contribution >= 0.6 is 11.6 Å². The van der Waals surface area contributed by atoms with Crippen LogP contribution in [0.4, 0.5) is 5.69 Å². The summed E-state index contributed by atoms with van der Waals surface area (Å²) in [5.74, 6) is -0.233. The Balaban J connectivity index is 3.05.